The molecule has 1 aromatic rings. The Balaban J connectivity index is 3.02. The molecule has 0 radical (unpaired) electrons. The molecule has 15 heavy (non-hydrogen) atoms. The minimum Gasteiger partial charge on any atom is -0.212 e. The Kier molecular flexibility index (Phi) is 3.73. The lowest BCUT2D eigenvalue weighted by Crippen LogP contribution is -1.99. The molecule has 0 heterocycles. The molecule has 0 bridgehead atoms. The smallest absolute Gasteiger partial charge is 0.212 e. The molecule has 0 aliphatic carbocycles. The zero-order valence-corrected chi connectivity index (χ0v) is 10.1. The Bertz CT molecular complexity index is 454. The Hall–Kier alpha value is -0.610. The van der Waals surface area contributed by atoms with E-state index >= 15 is 0 Å². The number of halogens is 2. The van der Waals surface area contributed by atoms with E-state index in [1.54, 1.807) is 12.1 Å². The van der Waals surface area contributed by atoms with E-state index in [4.69, 9.17) is 10.7 Å². The molecule has 2 nitrogen and oxygen atoms in total. The lowest BCUT2D eigenvalue weighted by Gasteiger charge is -2.07. The van der Waals surface area contributed by atoms with Crippen molar-refractivity contribution in [3.05, 3.63) is 35.1 Å². The zero-order valence-electron chi connectivity index (χ0n) is 8.50. The first kappa shape index (κ1) is 12.5. The molecule has 0 atom stereocenters. The summed E-state index contributed by atoms with van der Waals surface area (Å²) in [6.45, 7) is 3.74. The third-order valence-corrected chi connectivity index (χ3v) is 3.03. The quantitative estimate of drug-likeness (QED) is 0.773. The van der Waals surface area contributed by atoms with Crippen LogP contribution in [0.25, 0.3) is 0 Å². The fourth-order valence-corrected chi connectivity index (χ4v) is 2.28. The van der Waals surface area contributed by atoms with E-state index in [0.29, 0.717) is 11.1 Å². The molecule has 0 saturated heterocycles. The van der Waals surface area contributed by atoms with Crippen LogP contribution in [0.3, 0.4) is 0 Å². The molecular weight excluding hydrogens is 239 g/mol. The Morgan fingerprint density at radius 1 is 1.40 bits per heavy atom. The summed E-state index contributed by atoms with van der Waals surface area (Å²) in [6, 6.07) is 4.39. The highest BCUT2D eigenvalue weighted by Gasteiger charge is 2.11. The highest BCUT2D eigenvalue weighted by Crippen LogP contribution is 2.20. The van der Waals surface area contributed by atoms with Crippen molar-refractivity contribution < 1.29 is 12.8 Å². The van der Waals surface area contributed by atoms with Gasteiger partial charge < -0.3 is 0 Å². The fourth-order valence-electron chi connectivity index (χ4n) is 1.33. The van der Waals surface area contributed by atoms with Gasteiger partial charge in [0.25, 0.3) is 0 Å². The third kappa shape index (κ3) is 3.80. The van der Waals surface area contributed by atoms with E-state index < -0.39 is 9.05 Å². The summed E-state index contributed by atoms with van der Waals surface area (Å²) in [7, 11) is 1.45. The highest BCUT2D eigenvalue weighted by molar-refractivity contribution is 8.13. The predicted octanol–water partition coefficient (Wildman–Crippen LogP) is 3.02. The topological polar surface area (TPSA) is 34.1 Å². The summed E-state index contributed by atoms with van der Waals surface area (Å²) in [5, 5.41) is 0. The van der Waals surface area contributed by atoms with Gasteiger partial charge in [0, 0.05) is 10.7 Å². The van der Waals surface area contributed by atoms with Crippen LogP contribution in [0.1, 0.15) is 30.9 Å². The molecule has 1 aromatic carbocycles. The summed E-state index contributed by atoms with van der Waals surface area (Å²) >= 11 is 0. The second-order valence-electron chi connectivity index (χ2n) is 3.69. The Labute approximate surface area is 93.5 Å². The van der Waals surface area contributed by atoms with Gasteiger partial charge in [-0.2, -0.15) is 0 Å². The van der Waals surface area contributed by atoms with E-state index in [9.17, 15) is 12.8 Å². The lowest BCUT2D eigenvalue weighted by atomic mass is 10.0. The first-order valence-corrected chi connectivity index (χ1v) is 6.98. The molecule has 1 rings (SSSR count). The van der Waals surface area contributed by atoms with Crippen LogP contribution in [0.15, 0.2) is 18.2 Å². The summed E-state index contributed by atoms with van der Waals surface area (Å²) < 4.78 is 35.0. The third-order valence-electron chi connectivity index (χ3n) is 2.03. The van der Waals surface area contributed by atoms with E-state index in [1.807, 2.05) is 13.8 Å². The highest BCUT2D eigenvalue weighted by atomic mass is 35.7. The monoisotopic (exact) mass is 250 g/mol. The second kappa shape index (κ2) is 4.49. The van der Waals surface area contributed by atoms with Gasteiger partial charge in [-0.1, -0.05) is 26.0 Å². The molecule has 0 unspecified atom stereocenters. The summed E-state index contributed by atoms with van der Waals surface area (Å²) in [5.41, 5.74) is 0.942. The van der Waals surface area contributed by atoms with Crippen molar-refractivity contribution in [2.75, 3.05) is 0 Å². The number of benzene rings is 1. The molecule has 0 saturated carbocycles. The van der Waals surface area contributed by atoms with Crippen LogP contribution in [0.2, 0.25) is 0 Å². The summed E-state index contributed by atoms with van der Waals surface area (Å²) in [6.07, 6.45) is 0. The standard InChI is InChI=1S/C10H12ClFO2S/c1-7(2)9-4-3-8(5-10(9)12)6-15(11,13)14/h3-5,7H,6H2,1-2H3. The van der Waals surface area contributed by atoms with E-state index in [2.05, 4.69) is 0 Å². The van der Waals surface area contributed by atoms with Crippen molar-refractivity contribution in [2.45, 2.75) is 25.5 Å². The normalized spacial score (nSPS) is 12.1. The number of hydrogen-bond acceptors (Lipinski definition) is 2. The SMILES string of the molecule is CC(C)c1ccc(CS(=O)(=O)Cl)cc1F. The van der Waals surface area contributed by atoms with Gasteiger partial charge in [-0.3, -0.25) is 0 Å². The van der Waals surface area contributed by atoms with Crippen molar-refractivity contribution in [3.63, 3.8) is 0 Å². The molecule has 5 heteroatoms. The van der Waals surface area contributed by atoms with Crippen LogP contribution >= 0.6 is 10.7 Å². The van der Waals surface area contributed by atoms with Crippen molar-refractivity contribution >= 4 is 19.7 Å². The summed E-state index contributed by atoms with van der Waals surface area (Å²) in [5.74, 6) is -0.654. The zero-order chi connectivity index (χ0) is 11.6. The van der Waals surface area contributed by atoms with E-state index in [1.165, 1.54) is 6.07 Å². The molecule has 0 aliphatic rings. The van der Waals surface area contributed by atoms with E-state index in [-0.39, 0.29) is 17.5 Å². The first-order valence-electron chi connectivity index (χ1n) is 4.50. The molecule has 0 spiro atoms. The van der Waals surface area contributed by atoms with Crippen LogP contribution in [0.4, 0.5) is 4.39 Å². The number of rotatable bonds is 3. The number of hydrogen-bond donors (Lipinski definition) is 0. The van der Waals surface area contributed by atoms with Gasteiger partial charge in [0.1, 0.15) is 5.82 Å². The predicted molar refractivity (Wildman–Crippen MR) is 59.0 cm³/mol. The van der Waals surface area contributed by atoms with Gasteiger partial charge in [0.2, 0.25) is 9.05 Å². The van der Waals surface area contributed by atoms with Crippen molar-refractivity contribution in [1.82, 2.24) is 0 Å². The fraction of sp³-hybridized carbons (Fsp3) is 0.400. The molecule has 0 aromatic heterocycles. The van der Waals surface area contributed by atoms with Crippen LogP contribution < -0.4 is 0 Å². The Morgan fingerprint density at radius 2 is 2.00 bits per heavy atom. The first-order chi connectivity index (χ1) is 6.79. The van der Waals surface area contributed by atoms with Gasteiger partial charge in [-0.05, 0) is 23.1 Å². The minimum absolute atomic E-state index is 0.0756. The van der Waals surface area contributed by atoms with Crippen molar-refractivity contribution in [3.8, 4) is 0 Å². The van der Waals surface area contributed by atoms with Crippen LogP contribution in [-0.4, -0.2) is 8.42 Å². The van der Waals surface area contributed by atoms with Gasteiger partial charge >= 0.3 is 0 Å². The molecule has 84 valence electrons. The summed E-state index contributed by atoms with van der Waals surface area (Å²) in [4.78, 5) is 0. The van der Waals surface area contributed by atoms with Crippen molar-refractivity contribution in [2.24, 2.45) is 0 Å². The van der Waals surface area contributed by atoms with Gasteiger partial charge in [-0.25, -0.2) is 12.8 Å². The Morgan fingerprint density at radius 3 is 2.40 bits per heavy atom. The van der Waals surface area contributed by atoms with Crippen LogP contribution in [0, 0.1) is 5.82 Å². The van der Waals surface area contributed by atoms with Crippen molar-refractivity contribution in [1.29, 1.82) is 0 Å². The van der Waals surface area contributed by atoms with Gasteiger partial charge in [0.05, 0.1) is 5.75 Å². The van der Waals surface area contributed by atoms with Crippen LogP contribution in [-0.2, 0) is 14.8 Å². The lowest BCUT2D eigenvalue weighted by molar-refractivity contribution is 0.595. The average Bonchev–Trinajstić information content (AvgIpc) is 1.99. The minimum atomic E-state index is -3.62. The molecule has 0 aliphatic heterocycles. The molecule has 0 N–H and O–H groups in total. The molecule has 0 amide bonds. The van der Waals surface area contributed by atoms with E-state index in [0.717, 1.165) is 0 Å². The van der Waals surface area contributed by atoms with Gasteiger partial charge in [-0.15, -0.1) is 0 Å². The average molecular weight is 251 g/mol. The van der Waals surface area contributed by atoms with Gasteiger partial charge in [0.15, 0.2) is 0 Å². The second-order valence-corrected chi connectivity index (χ2v) is 6.47. The largest absolute Gasteiger partial charge is 0.236 e. The van der Waals surface area contributed by atoms with Crippen LogP contribution in [0.5, 0.6) is 0 Å². The molecular formula is C10H12ClFO2S. The maximum absolute atomic E-state index is 13.4. The molecule has 0 fully saturated rings. The maximum atomic E-state index is 13.4. The maximum Gasteiger partial charge on any atom is 0.236 e.